The third-order valence-corrected chi connectivity index (χ3v) is 6.68. The number of carbonyl (C=O) groups excluding carboxylic acids is 1. The van der Waals surface area contributed by atoms with Gasteiger partial charge in [0.15, 0.2) is 0 Å². The van der Waals surface area contributed by atoms with Gasteiger partial charge in [0.05, 0.1) is 6.04 Å². The van der Waals surface area contributed by atoms with Crippen molar-refractivity contribution in [3.05, 3.63) is 69.3 Å². The zero-order valence-electron chi connectivity index (χ0n) is 13.9. The quantitative estimate of drug-likeness (QED) is 0.585. The van der Waals surface area contributed by atoms with Gasteiger partial charge in [0.25, 0.3) is 0 Å². The van der Waals surface area contributed by atoms with E-state index in [1.807, 2.05) is 23.1 Å². The van der Waals surface area contributed by atoms with Crippen LogP contribution in [0.4, 0.5) is 0 Å². The molecule has 1 aliphatic rings. The fourth-order valence-corrected chi connectivity index (χ4v) is 4.84. The molecule has 0 aliphatic carbocycles. The Hall–Kier alpha value is -1.39. The van der Waals surface area contributed by atoms with Crippen LogP contribution in [0.25, 0.3) is 0 Å². The lowest BCUT2D eigenvalue weighted by molar-refractivity contribution is -0.138. The highest BCUT2D eigenvalue weighted by Crippen LogP contribution is 2.43. The van der Waals surface area contributed by atoms with Crippen molar-refractivity contribution in [2.45, 2.75) is 37.6 Å². The molecule has 2 atom stereocenters. The molecule has 24 heavy (non-hydrogen) atoms. The second-order valence-corrected chi connectivity index (χ2v) is 8.36. The van der Waals surface area contributed by atoms with Gasteiger partial charge in [0.1, 0.15) is 0 Å². The van der Waals surface area contributed by atoms with E-state index in [0.29, 0.717) is 6.42 Å². The molecule has 1 amide bonds. The first-order valence-corrected chi connectivity index (χ1v) is 9.93. The number of rotatable bonds is 5. The van der Waals surface area contributed by atoms with Crippen molar-refractivity contribution in [3.63, 3.8) is 0 Å². The van der Waals surface area contributed by atoms with E-state index in [2.05, 4.69) is 59.1 Å². The summed E-state index contributed by atoms with van der Waals surface area (Å²) in [6.07, 6.45) is 4.38. The zero-order chi connectivity index (χ0) is 17.2. The summed E-state index contributed by atoms with van der Waals surface area (Å²) in [5, 5.41) is 2.10. The molecular weight excluding hydrogens is 382 g/mol. The lowest BCUT2D eigenvalue weighted by Crippen LogP contribution is -2.46. The molecule has 3 rings (SSSR count). The Morgan fingerprint density at radius 1 is 1.38 bits per heavy atom. The van der Waals surface area contributed by atoms with E-state index in [1.54, 1.807) is 11.3 Å². The molecule has 0 saturated carbocycles. The van der Waals surface area contributed by atoms with E-state index >= 15 is 0 Å². The Bertz CT molecular complexity index is 710. The summed E-state index contributed by atoms with van der Waals surface area (Å²) < 4.78 is 1.06. The molecular formula is C20H22BrNOS. The van der Waals surface area contributed by atoms with Gasteiger partial charge in [-0.05, 0) is 48.9 Å². The van der Waals surface area contributed by atoms with E-state index in [9.17, 15) is 4.79 Å². The van der Waals surface area contributed by atoms with Crippen molar-refractivity contribution in [1.29, 1.82) is 0 Å². The van der Waals surface area contributed by atoms with Gasteiger partial charge >= 0.3 is 0 Å². The molecule has 1 aromatic carbocycles. The maximum atomic E-state index is 12.9. The molecule has 1 saturated heterocycles. The van der Waals surface area contributed by atoms with E-state index < -0.39 is 0 Å². The van der Waals surface area contributed by atoms with Crippen molar-refractivity contribution in [2.24, 2.45) is 0 Å². The molecule has 0 spiro atoms. The molecule has 0 bridgehead atoms. The summed E-state index contributed by atoms with van der Waals surface area (Å²) in [7, 11) is 0. The highest BCUT2D eigenvalue weighted by Gasteiger charge is 2.41. The largest absolute Gasteiger partial charge is 0.336 e. The summed E-state index contributed by atoms with van der Waals surface area (Å²) >= 11 is 5.22. The Morgan fingerprint density at radius 3 is 2.71 bits per heavy atom. The molecule has 0 unspecified atom stereocenters. The smallest absolute Gasteiger partial charge is 0.224 e. The summed E-state index contributed by atoms with van der Waals surface area (Å²) in [6.45, 7) is 6.83. The van der Waals surface area contributed by atoms with Crippen LogP contribution in [0.2, 0.25) is 0 Å². The predicted molar refractivity (Wildman–Crippen MR) is 104 cm³/mol. The fourth-order valence-electron chi connectivity index (χ4n) is 3.61. The summed E-state index contributed by atoms with van der Waals surface area (Å²) in [6, 6.07) is 12.6. The van der Waals surface area contributed by atoms with Gasteiger partial charge in [-0.1, -0.05) is 40.2 Å². The van der Waals surface area contributed by atoms with Crippen molar-refractivity contribution in [3.8, 4) is 0 Å². The molecule has 1 fully saturated rings. The molecule has 2 nitrogen and oxygen atoms in total. The lowest BCUT2D eigenvalue weighted by Gasteiger charge is -2.43. The van der Waals surface area contributed by atoms with Gasteiger partial charge < -0.3 is 4.90 Å². The summed E-state index contributed by atoms with van der Waals surface area (Å²) in [4.78, 5) is 16.3. The number of halogens is 1. The molecule has 4 heteroatoms. The van der Waals surface area contributed by atoms with E-state index in [-0.39, 0.29) is 17.4 Å². The standard InChI is InChI=1S/C20H22BrNOS/c1-3-10-20(18-5-4-13-24-18)11-12-22(19(23)14-20)15(2)16-6-8-17(21)9-7-16/h3-9,13,15H,1,10-12,14H2,2H3/t15-,20+/m1/s1. The van der Waals surface area contributed by atoms with E-state index in [0.717, 1.165) is 23.9 Å². The van der Waals surface area contributed by atoms with Gasteiger partial charge in [-0.2, -0.15) is 0 Å². The minimum absolute atomic E-state index is 0.0665. The normalized spacial score (nSPS) is 22.4. The molecule has 1 aromatic heterocycles. The van der Waals surface area contributed by atoms with Crippen LogP contribution in [0.1, 0.15) is 42.7 Å². The second kappa shape index (κ2) is 7.24. The second-order valence-electron chi connectivity index (χ2n) is 6.49. The molecule has 1 aliphatic heterocycles. The van der Waals surface area contributed by atoms with Crippen LogP contribution in [0.5, 0.6) is 0 Å². The fraction of sp³-hybridized carbons (Fsp3) is 0.350. The average Bonchev–Trinajstić information content (AvgIpc) is 3.10. The number of carbonyl (C=O) groups is 1. The van der Waals surface area contributed by atoms with Gasteiger partial charge in [0, 0.05) is 27.7 Å². The molecule has 2 heterocycles. The first-order chi connectivity index (χ1) is 11.6. The minimum Gasteiger partial charge on any atom is -0.336 e. The van der Waals surface area contributed by atoms with Crippen LogP contribution in [0.3, 0.4) is 0 Å². The molecule has 126 valence electrons. The maximum Gasteiger partial charge on any atom is 0.224 e. The topological polar surface area (TPSA) is 20.3 Å². The number of hydrogen-bond acceptors (Lipinski definition) is 2. The van der Waals surface area contributed by atoms with Crippen LogP contribution in [0.15, 0.2) is 58.9 Å². The van der Waals surface area contributed by atoms with Crippen LogP contribution in [-0.4, -0.2) is 17.4 Å². The Morgan fingerprint density at radius 2 is 2.12 bits per heavy atom. The van der Waals surface area contributed by atoms with E-state index in [4.69, 9.17) is 0 Å². The number of benzene rings is 1. The van der Waals surface area contributed by atoms with Gasteiger partial charge in [-0.25, -0.2) is 0 Å². The number of allylic oxidation sites excluding steroid dienone is 1. The van der Waals surface area contributed by atoms with Crippen LogP contribution >= 0.6 is 27.3 Å². The third-order valence-electron chi connectivity index (χ3n) is 5.04. The molecule has 0 radical (unpaired) electrons. The van der Waals surface area contributed by atoms with Gasteiger partial charge in [0.2, 0.25) is 5.91 Å². The number of thiophene rings is 1. The Kier molecular flexibility index (Phi) is 5.26. The first-order valence-electron chi connectivity index (χ1n) is 8.25. The Labute approximate surface area is 156 Å². The van der Waals surface area contributed by atoms with Crippen LogP contribution < -0.4 is 0 Å². The monoisotopic (exact) mass is 403 g/mol. The lowest BCUT2D eigenvalue weighted by atomic mass is 9.73. The average molecular weight is 404 g/mol. The van der Waals surface area contributed by atoms with Crippen LogP contribution in [0, 0.1) is 0 Å². The highest BCUT2D eigenvalue weighted by molar-refractivity contribution is 9.10. The highest BCUT2D eigenvalue weighted by atomic mass is 79.9. The molecule has 0 N–H and O–H groups in total. The number of piperidine rings is 1. The first kappa shape index (κ1) is 17.4. The third kappa shape index (κ3) is 3.35. The van der Waals surface area contributed by atoms with Gasteiger partial charge in [-0.3, -0.25) is 4.79 Å². The summed E-state index contributed by atoms with van der Waals surface area (Å²) in [5.41, 5.74) is 1.11. The van der Waals surface area contributed by atoms with Crippen molar-refractivity contribution < 1.29 is 4.79 Å². The zero-order valence-corrected chi connectivity index (χ0v) is 16.3. The van der Waals surface area contributed by atoms with Gasteiger partial charge in [-0.15, -0.1) is 17.9 Å². The summed E-state index contributed by atoms with van der Waals surface area (Å²) in [5.74, 6) is 0.243. The van der Waals surface area contributed by atoms with Crippen LogP contribution in [-0.2, 0) is 10.2 Å². The van der Waals surface area contributed by atoms with E-state index in [1.165, 1.54) is 10.4 Å². The minimum atomic E-state index is -0.0665. The number of hydrogen-bond donors (Lipinski definition) is 0. The Balaban J connectivity index is 1.80. The maximum absolute atomic E-state index is 12.9. The van der Waals surface area contributed by atoms with Crippen molar-refractivity contribution in [2.75, 3.05) is 6.54 Å². The number of likely N-dealkylation sites (tertiary alicyclic amines) is 1. The van der Waals surface area contributed by atoms with Crippen molar-refractivity contribution in [1.82, 2.24) is 4.90 Å². The predicted octanol–water partition coefficient (Wildman–Crippen LogP) is 5.71. The molecule has 2 aromatic rings. The number of nitrogens with zero attached hydrogens (tertiary/aromatic N) is 1. The SMILES string of the molecule is C=CC[C@]1(c2cccs2)CCN([C@H](C)c2ccc(Br)cc2)C(=O)C1. The van der Waals surface area contributed by atoms with Crippen molar-refractivity contribution >= 4 is 33.2 Å². The number of amides is 1.